The first-order chi connectivity index (χ1) is 13.3. The number of sulfonamides is 1. The van der Waals surface area contributed by atoms with Gasteiger partial charge in [-0.25, -0.2) is 12.8 Å². The molecule has 0 spiro atoms. The Hall–Kier alpha value is -2.00. The summed E-state index contributed by atoms with van der Waals surface area (Å²) in [6.45, 7) is 1.18. The summed E-state index contributed by atoms with van der Waals surface area (Å²) >= 11 is 6.02. The second-order valence-corrected chi connectivity index (χ2v) is 8.75. The van der Waals surface area contributed by atoms with Crippen molar-refractivity contribution < 1.29 is 22.3 Å². The van der Waals surface area contributed by atoms with Gasteiger partial charge in [-0.15, -0.1) is 0 Å². The third-order valence-corrected chi connectivity index (χ3v) is 6.74. The average Bonchev–Trinajstić information content (AvgIpc) is 2.71. The molecule has 2 aromatic carbocycles. The Morgan fingerprint density at radius 3 is 2.57 bits per heavy atom. The first kappa shape index (κ1) is 20.7. The van der Waals surface area contributed by atoms with Crippen LogP contribution in [0.2, 0.25) is 5.02 Å². The van der Waals surface area contributed by atoms with Gasteiger partial charge in [0.1, 0.15) is 5.82 Å². The zero-order valence-corrected chi connectivity index (χ0v) is 16.8. The van der Waals surface area contributed by atoms with Gasteiger partial charge in [0.2, 0.25) is 10.0 Å². The number of carbonyl (C=O) groups is 1. The number of morpholine rings is 1. The zero-order chi connectivity index (χ0) is 20.3. The normalized spacial score (nSPS) is 15.4. The molecule has 6 nitrogen and oxygen atoms in total. The number of hydrogen-bond donors (Lipinski definition) is 0. The molecule has 2 aromatic rings. The fraction of sp³-hybridized carbons (Fsp3) is 0.316. The second-order valence-electron chi connectivity index (χ2n) is 6.41. The van der Waals surface area contributed by atoms with Crippen LogP contribution in [0.1, 0.15) is 15.9 Å². The molecule has 0 radical (unpaired) electrons. The number of nitrogens with zero attached hydrogens (tertiary/aromatic N) is 2. The molecule has 150 valence electrons. The van der Waals surface area contributed by atoms with Crippen LogP contribution >= 0.6 is 11.6 Å². The van der Waals surface area contributed by atoms with E-state index < -0.39 is 21.7 Å². The smallest absolute Gasteiger partial charge is 0.253 e. The highest BCUT2D eigenvalue weighted by atomic mass is 35.5. The van der Waals surface area contributed by atoms with Gasteiger partial charge in [-0.1, -0.05) is 23.7 Å². The van der Waals surface area contributed by atoms with E-state index in [1.54, 1.807) is 6.07 Å². The third-order valence-electron chi connectivity index (χ3n) is 4.49. The molecule has 0 atom stereocenters. The van der Waals surface area contributed by atoms with Gasteiger partial charge < -0.3 is 9.64 Å². The number of ether oxygens (including phenoxy) is 1. The number of carbonyl (C=O) groups excluding carboxylic acids is 1. The Morgan fingerprint density at radius 2 is 1.89 bits per heavy atom. The van der Waals surface area contributed by atoms with E-state index in [1.165, 1.54) is 52.7 Å². The average molecular weight is 427 g/mol. The number of rotatable bonds is 5. The lowest BCUT2D eigenvalue weighted by molar-refractivity contribution is 0.0730. The molecule has 1 saturated heterocycles. The monoisotopic (exact) mass is 426 g/mol. The largest absolute Gasteiger partial charge is 0.379 e. The van der Waals surface area contributed by atoms with E-state index >= 15 is 0 Å². The summed E-state index contributed by atoms with van der Waals surface area (Å²) in [4.78, 5) is 14.1. The van der Waals surface area contributed by atoms with Crippen molar-refractivity contribution in [1.29, 1.82) is 0 Å². The summed E-state index contributed by atoms with van der Waals surface area (Å²) in [6, 6.07) is 10.2. The van der Waals surface area contributed by atoms with E-state index in [0.717, 1.165) is 0 Å². The second kappa shape index (κ2) is 8.57. The predicted molar refractivity (Wildman–Crippen MR) is 103 cm³/mol. The lowest BCUT2D eigenvalue weighted by Gasteiger charge is -2.26. The van der Waals surface area contributed by atoms with Gasteiger partial charge in [0.15, 0.2) is 0 Å². The van der Waals surface area contributed by atoms with Gasteiger partial charge in [0, 0.05) is 42.8 Å². The minimum Gasteiger partial charge on any atom is -0.379 e. The maximum atomic E-state index is 14.0. The summed E-state index contributed by atoms with van der Waals surface area (Å²) < 4.78 is 46.1. The van der Waals surface area contributed by atoms with Crippen LogP contribution in [0.25, 0.3) is 0 Å². The van der Waals surface area contributed by atoms with Crippen LogP contribution in [0, 0.1) is 5.82 Å². The van der Waals surface area contributed by atoms with Crippen molar-refractivity contribution in [1.82, 2.24) is 9.21 Å². The maximum Gasteiger partial charge on any atom is 0.253 e. The van der Waals surface area contributed by atoms with E-state index in [-0.39, 0.29) is 40.7 Å². The summed E-state index contributed by atoms with van der Waals surface area (Å²) in [5.74, 6) is -0.936. The molecule has 1 aliphatic heterocycles. The minimum atomic E-state index is -3.71. The zero-order valence-electron chi connectivity index (χ0n) is 15.3. The lowest BCUT2D eigenvalue weighted by Crippen LogP contribution is -2.40. The quantitative estimate of drug-likeness (QED) is 0.737. The van der Waals surface area contributed by atoms with Crippen molar-refractivity contribution in [3.63, 3.8) is 0 Å². The Balaban J connectivity index is 1.82. The van der Waals surface area contributed by atoms with Crippen LogP contribution in [0.15, 0.2) is 47.4 Å². The molecule has 9 heteroatoms. The van der Waals surface area contributed by atoms with E-state index in [1.807, 2.05) is 0 Å². The van der Waals surface area contributed by atoms with Crippen LogP contribution in [0.3, 0.4) is 0 Å². The molecule has 0 bridgehead atoms. The van der Waals surface area contributed by atoms with Gasteiger partial charge in [0.25, 0.3) is 5.91 Å². The molecule has 0 unspecified atom stereocenters. The first-order valence-electron chi connectivity index (χ1n) is 8.67. The van der Waals surface area contributed by atoms with Gasteiger partial charge in [-0.3, -0.25) is 4.79 Å². The Morgan fingerprint density at radius 1 is 1.21 bits per heavy atom. The first-order valence-corrected chi connectivity index (χ1v) is 10.5. The molecule has 0 saturated carbocycles. The molecule has 3 rings (SSSR count). The van der Waals surface area contributed by atoms with E-state index in [9.17, 15) is 17.6 Å². The maximum absolute atomic E-state index is 14.0. The lowest BCUT2D eigenvalue weighted by atomic mass is 10.1. The summed E-state index contributed by atoms with van der Waals surface area (Å²) in [5, 5.41) is 0.225. The molecule has 1 fully saturated rings. The number of halogens is 2. The highest BCUT2D eigenvalue weighted by molar-refractivity contribution is 7.89. The van der Waals surface area contributed by atoms with Crippen LogP contribution in [0.4, 0.5) is 4.39 Å². The molecular formula is C19H20ClFN2O4S. The van der Waals surface area contributed by atoms with E-state index in [4.69, 9.17) is 16.3 Å². The molecule has 0 aromatic heterocycles. The standard InChI is InChI=1S/C19H20ClFN2O4S/c1-22(13-16-17(20)6-3-7-18(16)21)19(24)14-4-2-5-15(12-14)28(25,26)23-8-10-27-11-9-23/h2-7,12H,8-11,13H2,1H3. The van der Waals surface area contributed by atoms with Crippen LogP contribution in [-0.4, -0.2) is 56.9 Å². The minimum absolute atomic E-state index is 0.0369. The molecule has 0 aliphatic carbocycles. The molecule has 1 heterocycles. The topological polar surface area (TPSA) is 66.9 Å². The van der Waals surface area contributed by atoms with E-state index in [0.29, 0.717) is 13.2 Å². The molecule has 0 N–H and O–H groups in total. The van der Waals surface area contributed by atoms with Crippen molar-refractivity contribution in [2.45, 2.75) is 11.4 Å². The van der Waals surface area contributed by atoms with Gasteiger partial charge in [-0.05, 0) is 30.3 Å². The fourth-order valence-corrected chi connectivity index (χ4v) is 4.62. The Kier molecular flexibility index (Phi) is 6.34. The highest BCUT2D eigenvalue weighted by Crippen LogP contribution is 2.22. The molecule has 1 aliphatic rings. The van der Waals surface area contributed by atoms with Gasteiger partial charge in [-0.2, -0.15) is 4.31 Å². The van der Waals surface area contributed by atoms with E-state index in [2.05, 4.69) is 0 Å². The number of hydrogen-bond acceptors (Lipinski definition) is 4. The Labute approximate surface area is 168 Å². The summed E-state index contributed by atoms with van der Waals surface area (Å²) in [7, 11) is -2.21. The Bertz CT molecular complexity index is 957. The van der Waals surface area contributed by atoms with Crippen LogP contribution in [0.5, 0.6) is 0 Å². The van der Waals surface area contributed by atoms with Crippen molar-refractivity contribution in [3.05, 3.63) is 64.4 Å². The summed E-state index contributed by atoms with van der Waals surface area (Å²) in [5.41, 5.74) is 0.404. The predicted octanol–water partition coefficient (Wildman–Crippen LogP) is 2.77. The van der Waals surface area contributed by atoms with Crippen molar-refractivity contribution in [3.8, 4) is 0 Å². The fourth-order valence-electron chi connectivity index (χ4n) is 2.94. The molecular weight excluding hydrogens is 407 g/mol. The molecule has 1 amide bonds. The van der Waals surface area contributed by atoms with Crippen molar-refractivity contribution in [2.24, 2.45) is 0 Å². The summed E-state index contributed by atoms with van der Waals surface area (Å²) in [6.07, 6.45) is 0. The molecule has 28 heavy (non-hydrogen) atoms. The highest BCUT2D eigenvalue weighted by Gasteiger charge is 2.27. The number of amides is 1. The third kappa shape index (κ3) is 4.35. The number of benzene rings is 2. The van der Waals surface area contributed by atoms with Gasteiger partial charge >= 0.3 is 0 Å². The van der Waals surface area contributed by atoms with Gasteiger partial charge in [0.05, 0.1) is 18.1 Å². The SMILES string of the molecule is CN(Cc1c(F)cccc1Cl)C(=O)c1cccc(S(=O)(=O)N2CCOCC2)c1. The van der Waals surface area contributed by atoms with Crippen LogP contribution in [-0.2, 0) is 21.3 Å². The van der Waals surface area contributed by atoms with Crippen molar-refractivity contribution in [2.75, 3.05) is 33.4 Å². The van der Waals surface area contributed by atoms with Crippen molar-refractivity contribution >= 4 is 27.5 Å². The van der Waals surface area contributed by atoms with Crippen LogP contribution < -0.4 is 0 Å².